The largest absolute Gasteiger partial charge is 0.392 e. The lowest BCUT2D eigenvalue weighted by Crippen LogP contribution is -2.15. The van der Waals surface area contributed by atoms with Crippen LogP contribution in [0.4, 0.5) is 0 Å². The summed E-state index contributed by atoms with van der Waals surface area (Å²) in [5.41, 5.74) is 0.809. The van der Waals surface area contributed by atoms with Crippen molar-refractivity contribution in [2.75, 3.05) is 0 Å². The zero-order chi connectivity index (χ0) is 9.84. The number of rotatable bonds is 4. The molecular formula is C7H11ClN2OS2. The van der Waals surface area contributed by atoms with Crippen molar-refractivity contribution >= 4 is 34.9 Å². The van der Waals surface area contributed by atoms with E-state index >= 15 is 0 Å². The van der Waals surface area contributed by atoms with Crippen molar-refractivity contribution in [2.24, 2.45) is 0 Å². The lowest BCUT2D eigenvalue weighted by Gasteiger charge is -2.12. The molecule has 1 aromatic heterocycles. The van der Waals surface area contributed by atoms with Gasteiger partial charge in [0, 0.05) is 22.5 Å². The van der Waals surface area contributed by atoms with Gasteiger partial charge in [-0.3, -0.25) is 0 Å². The van der Waals surface area contributed by atoms with E-state index in [9.17, 15) is 5.11 Å². The fraction of sp³-hybridized carbons (Fsp3) is 0.714. The lowest BCUT2D eigenvalue weighted by molar-refractivity contribution is 0.196. The molecule has 0 spiro atoms. The van der Waals surface area contributed by atoms with Gasteiger partial charge in [0.1, 0.15) is 10.0 Å². The maximum Gasteiger partial charge on any atom is 0.138 e. The second-order valence-electron chi connectivity index (χ2n) is 2.75. The van der Waals surface area contributed by atoms with Crippen molar-refractivity contribution in [1.29, 1.82) is 0 Å². The van der Waals surface area contributed by atoms with E-state index in [4.69, 9.17) is 11.6 Å². The van der Waals surface area contributed by atoms with Crippen LogP contribution in [0, 0.1) is 0 Å². The van der Waals surface area contributed by atoms with Gasteiger partial charge in [-0.05, 0) is 6.92 Å². The van der Waals surface area contributed by atoms with Crippen LogP contribution >= 0.6 is 34.9 Å². The van der Waals surface area contributed by atoms with Gasteiger partial charge in [0.2, 0.25) is 0 Å². The molecule has 0 aliphatic carbocycles. The summed E-state index contributed by atoms with van der Waals surface area (Å²) in [4.78, 5) is 0. The Bertz CT molecular complexity index is 267. The maximum absolute atomic E-state index is 9.23. The Kier molecular flexibility index (Phi) is 4.45. The summed E-state index contributed by atoms with van der Waals surface area (Å²) >= 11 is 8.64. The molecule has 6 heteroatoms. The van der Waals surface area contributed by atoms with Crippen LogP contribution in [0.15, 0.2) is 0 Å². The number of thioether (sulfide) groups is 1. The molecule has 2 atom stereocenters. The third-order valence-electron chi connectivity index (χ3n) is 1.67. The lowest BCUT2D eigenvalue weighted by atomic mass is 10.3. The number of aliphatic hydroxyl groups excluding tert-OH is 1. The monoisotopic (exact) mass is 238 g/mol. The Labute approximate surface area is 90.7 Å². The Balaban J connectivity index is 2.39. The summed E-state index contributed by atoms with van der Waals surface area (Å²) in [7, 11) is 0. The number of aliphatic hydroxyl groups is 1. The van der Waals surface area contributed by atoms with Gasteiger partial charge in [0.15, 0.2) is 0 Å². The molecule has 0 radical (unpaired) electrons. The minimum absolute atomic E-state index is 0.192. The number of aromatic nitrogens is 2. The van der Waals surface area contributed by atoms with Gasteiger partial charge in [-0.2, -0.15) is 0 Å². The molecule has 1 rings (SSSR count). The zero-order valence-electron chi connectivity index (χ0n) is 7.40. The van der Waals surface area contributed by atoms with E-state index in [-0.39, 0.29) is 11.4 Å². The van der Waals surface area contributed by atoms with Crippen LogP contribution in [0.1, 0.15) is 19.5 Å². The van der Waals surface area contributed by atoms with Gasteiger partial charge in [0.05, 0.1) is 6.10 Å². The van der Waals surface area contributed by atoms with Gasteiger partial charge in [-0.15, -0.1) is 16.9 Å². The molecule has 0 aliphatic heterocycles. The standard InChI is InChI=1S/C7H11ClN2OS2/c1-4(11)5(2)12-3-6-7(8)13-10-9-6/h4-5,11H,3H2,1-2H3. The van der Waals surface area contributed by atoms with Crippen LogP contribution in [0.2, 0.25) is 4.34 Å². The molecule has 2 unspecified atom stereocenters. The van der Waals surface area contributed by atoms with E-state index in [1.165, 1.54) is 11.5 Å². The molecule has 0 amide bonds. The average Bonchev–Trinajstić information content (AvgIpc) is 2.47. The molecule has 0 aromatic carbocycles. The van der Waals surface area contributed by atoms with Crippen molar-refractivity contribution in [3.8, 4) is 0 Å². The highest BCUT2D eigenvalue weighted by molar-refractivity contribution is 7.99. The Morgan fingerprint density at radius 1 is 1.62 bits per heavy atom. The molecule has 1 N–H and O–H groups in total. The third-order valence-corrected chi connectivity index (χ3v) is 4.02. The van der Waals surface area contributed by atoms with E-state index in [0.717, 1.165) is 5.69 Å². The van der Waals surface area contributed by atoms with E-state index in [1.807, 2.05) is 6.92 Å². The van der Waals surface area contributed by atoms with Crippen molar-refractivity contribution in [3.05, 3.63) is 10.0 Å². The summed E-state index contributed by atoms with van der Waals surface area (Å²) < 4.78 is 4.37. The highest BCUT2D eigenvalue weighted by Crippen LogP contribution is 2.25. The number of nitrogens with zero attached hydrogens (tertiary/aromatic N) is 2. The van der Waals surface area contributed by atoms with Crippen molar-refractivity contribution in [2.45, 2.75) is 31.0 Å². The Hall–Kier alpha value is 0.160. The van der Waals surface area contributed by atoms with Crippen LogP contribution < -0.4 is 0 Å². The van der Waals surface area contributed by atoms with E-state index in [0.29, 0.717) is 10.1 Å². The zero-order valence-corrected chi connectivity index (χ0v) is 9.79. The van der Waals surface area contributed by atoms with Crippen LogP contribution in [0.5, 0.6) is 0 Å². The summed E-state index contributed by atoms with van der Waals surface area (Å²) in [6.07, 6.45) is -0.310. The number of hydrogen-bond donors (Lipinski definition) is 1. The van der Waals surface area contributed by atoms with Crippen LogP contribution in [-0.4, -0.2) is 26.0 Å². The maximum atomic E-state index is 9.23. The average molecular weight is 239 g/mol. The molecule has 74 valence electrons. The van der Waals surface area contributed by atoms with Gasteiger partial charge >= 0.3 is 0 Å². The quantitative estimate of drug-likeness (QED) is 0.874. The van der Waals surface area contributed by atoms with Crippen molar-refractivity contribution in [1.82, 2.24) is 9.59 Å². The van der Waals surface area contributed by atoms with Crippen molar-refractivity contribution < 1.29 is 5.11 Å². The number of hydrogen-bond acceptors (Lipinski definition) is 5. The summed E-state index contributed by atoms with van der Waals surface area (Å²) in [5, 5.41) is 13.3. The minimum Gasteiger partial charge on any atom is -0.392 e. The molecule has 0 saturated heterocycles. The topological polar surface area (TPSA) is 46.0 Å². The van der Waals surface area contributed by atoms with Gasteiger partial charge < -0.3 is 5.11 Å². The smallest absolute Gasteiger partial charge is 0.138 e. The Morgan fingerprint density at radius 2 is 2.31 bits per heavy atom. The van der Waals surface area contributed by atoms with E-state index in [1.54, 1.807) is 18.7 Å². The molecule has 0 bridgehead atoms. The molecular weight excluding hydrogens is 228 g/mol. The molecule has 0 fully saturated rings. The van der Waals surface area contributed by atoms with Crippen LogP contribution in [-0.2, 0) is 5.75 Å². The van der Waals surface area contributed by atoms with Gasteiger partial charge in [-0.1, -0.05) is 23.0 Å². The molecule has 1 aromatic rings. The predicted molar refractivity (Wildman–Crippen MR) is 57.4 cm³/mol. The van der Waals surface area contributed by atoms with Crippen LogP contribution in [0.25, 0.3) is 0 Å². The first-order valence-electron chi connectivity index (χ1n) is 3.87. The second-order valence-corrected chi connectivity index (χ2v) is 5.47. The number of halogens is 1. The first kappa shape index (κ1) is 11.2. The highest BCUT2D eigenvalue weighted by atomic mass is 35.5. The second kappa shape index (κ2) is 5.14. The van der Waals surface area contributed by atoms with Gasteiger partial charge in [0.25, 0.3) is 0 Å². The van der Waals surface area contributed by atoms with E-state index in [2.05, 4.69) is 9.59 Å². The normalized spacial score (nSPS) is 15.7. The van der Waals surface area contributed by atoms with E-state index < -0.39 is 0 Å². The van der Waals surface area contributed by atoms with Gasteiger partial charge in [-0.25, -0.2) is 0 Å². The highest BCUT2D eigenvalue weighted by Gasteiger charge is 2.12. The first-order chi connectivity index (χ1) is 6.11. The molecule has 0 aliphatic rings. The van der Waals surface area contributed by atoms with Crippen LogP contribution in [0.3, 0.4) is 0 Å². The molecule has 13 heavy (non-hydrogen) atoms. The fourth-order valence-corrected chi connectivity index (χ4v) is 2.33. The molecule has 3 nitrogen and oxygen atoms in total. The summed E-state index contributed by atoms with van der Waals surface area (Å²) in [6, 6.07) is 0. The predicted octanol–water partition coefficient (Wildman–Crippen LogP) is 2.19. The summed E-state index contributed by atoms with van der Waals surface area (Å²) in [5.74, 6) is 0.710. The minimum atomic E-state index is -0.310. The summed E-state index contributed by atoms with van der Waals surface area (Å²) in [6.45, 7) is 3.75. The molecule has 1 heterocycles. The Morgan fingerprint density at radius 3 is 2.77 bits per heavy atom. The third kappa shape index (κ3) is 3.42. The first-order valence-corrected chi connectivity index (χ1v) is 6.07. The molecule has 0 saturated carbocycles. The SMILES string of the molecule is CC(O)C(C)SCc1nnsc1Cl. The van der Waals surface area contributed by atoms with Crippen molar-refractivity contribution in [3.63, 3.8) is 0 Å². The fourth-order valence-electron chi connectivity index (χ4n) is 0.633.